The highest BCUT2D eigenvalue weighted by atomic mass is 79.9. The van der Waals surface area contributed by atoms with Gasteiger partial charge in [0.05, 0.1) is 12.2 Å². The zero-order valence-corrected chi connectivity index (χ0v) is 12.3. The van der Waals surface area contributed by atoms with Crippen LogP contribution in [0.5, 0.6) is 0 Å². The molecule has 96 valence electrons. The second-order valence-electron chi connectivity index (χ2n) is 4.22. The summed E-state index contributed by atoms with van der Waals surface area (Å²) < 4.78 is 3.02. The first kappa shape index (κ1) is 13.2. The third kappa shape index (κ3) is 2.94. The van der Waals surface area contributed by atoms with E-state index in [-0.39, 0.29) is 6.04 Å². The van der Waals surface area contributed by atoms with Gasteiger partial charge in [0.1, 0.15) is 11.6 Å². The van der Waals surface area contributed by atoms with Crippen molar-refractivity contribution in [3.8, 4) is 0 Å². The Morgan fingerprint density at radius 1 is 1.44 bits per heavy atom. The van der Waals surface area contributed by atoms with Gasteiger partial charge in [-0.25, -0.2) is 0 Å². The number of hydrogen-bond acceptors (Lipinski definition) is 4. The molecule has 2 aromatic rings. The number of aromatic nitrogens is 4. The molecule has 2 heterocycles. The summed E-state index contributed by atoms with van der Waals surface area (Å²) >= 11 is 3.45. The normalized spacial score (nSPS) is 12.7. The van der Waals surface area contributed by atoms with E-state index in [0.717, 1.165) is 21.8 Å². The second kappa shape index (κ2) is 5.58. The summed E-state index contributed by atoms with van der Waals surface area (Å²) in [5.74, 6) is 1.84. The molecular formula is C12H16BrN5. The van der Waals surface area contributed by atoms with Gasteiger partial charge in [0.15, 0.2) is 0 Å². The highest BCUT2D eigenvalue weighted by Gasteiger charge is 2.09. The van der Waals surface area contributed by atoms with Gasteiger partial charge in [-0.15, -0.1) is 10.2 Å². The summed E-state index contributed by atoms with van der Waals surface area (Å²) in [6.45, 7) is 4.69. The molecule has 0 aliphatic heterocycles. The van der Waals surface area contributed by atoms with Crippen LogP contribution in [0.1, 0.15) is 30.3 Å². The first-order valence-electron chi connectivity index (χ1n) is 5.77. The smallest absolute Gasteiger partial charge is 0.146 e. The molecule has 1 unspecified atom stereocenters. The van der Waals surface area contributed by atoms with Crippen molar-refractivity contribution in [3.63, 3.8) is 0 Å². The van der Waals surface area contributed by atoms with E-state index in [1.165, 1.54) is 0 Å². The van der Waals surface area contributed by atoms with Crippen LogP contribution < -0.4 is 5.32 Å². The molecule has 1 N–H and O–H groups in total. The molecule has 0 spiro atoms. The van der Waals surface area contributed by atoms with Crippen molar-refractivity contribution >= 4 is 15.9 Å². The average Bonchev–Trinajstić information content (AvgIpc) is 2.67. The zero-order chi connectivity index (χ0) is 13.1. The van der Waals surface area contributed by atoms with Gasteiger partial charge in [-0.05, 0) is 26.0 Å². The number of hydrogen-bond donors (Lipinski definition) is 1. The molecule has 0 radical (unpaired) electrons. The number of nitrogens with one attached hydrogen (secondary N) is 1. The Bertz CT molecular complexity index is 537. The van der Waals surface area contributed by atoms with E-state index in [4.69, 9.17) is 0 Å². The lowest BCUT2D eigenvalue weighted by Gasteiger charge is -2.13. The van der Waals surface area contributed by atoms with Gasteiger partial charge in [0.2, 0.25) is 0 Å². The van der Waals surface area contributed by atoms with E-state index < -0.39 is 0 Å². The predicted molar refractivity (Wildman–Crippen MR) is 72.9 cm³/mol. The number of pyridine rings is 1. The lowest BCUT2D eigenvalue weighted by molar-refractivity contribution is 0.536. The first-order chi connectivity index (χ1) is 8.58. The second-order valence-corrected chi connectivity index (χ2v) is 5.14. The molecule has 0 aliphatic carbocycles. The summed E-state index contributed by atoms with van der Waals surface area (Å²) in [5, 5.41) is 11.5. The van der Waals surface area contributed by atoms with Crippen LogP contribution in [0.15, 0.2) is 22.8 Å². The van der Waals surface area contributed by atoms with Gasteiger partial charge in [-0.3, -0.25) is 4.98 Å². The molecule has 0 bridgehead atoms. The van der Waals surface area contributed by atoms with Crippen molar-refractivity contribution in [2.75, 3.05) is 0 Å². The highest BCUT2D eigenvalue weighted by molar-refractivity contribution is 9.10. The Hall–Kier alpha value is -1.27. The fourth-order valence-corrected chi connectivity index (χ4v) is 1.96. The topological polar surface area (TPSA) is 55.6 Å². The third-order valence-corrected chi connectivity index (χ3v) is 3.43. The zero-order valence-electron chi connectivity index (χ0n) is 10.7. The standard InChI is InChI=1S/C12H16BrN5/c1-8(11-6-10(13)4-5-14-11)15-7-12-17-16-9(2)18(12)3/h4-6,8,15H,7H2,1-3H3. The molecule has 6 heteroatoms. The minimum atomic E-state index is 0.166. The van der Waals surface area contributed by atoms with E-state index in [9.17, 15) is 0 Å². The average molecular weight is 310 g/mol. The maximum Gasteiger partial charge on any atom is 0.146 e. The van der Waals surface area contributed by atoms with Crippen LogP contribution in [0.25, 0.3) is 0 Å². The predicted octanol–water partition coefficient (Wildman–Crippen LogP) is 2.13. The summed E-state index contributed by atoms with van der Waals surface area (Å²) in [7, 11) is 1.97. The maximum atomic E-state index is 4.34. The molecule has 0 saturated carbocycles. The number of halogens is 1. The van der Waals surface area contributed by atoms with E-state index >= 15 is 0 Å². The highest BCUT2D eigenvalue weighted by Crippen LogP contribution is 2.15. The van der Waals surface area contributed by atoms with E-state index in [0.29, 0.717) is 6.54 Å². The van der Waals surface area contributed by atoms with Crippen LogP contribution in [-0.2, 0) is 13.6 Å². The molecule has 0 aliphatic rings. The van der Waals surface area contributed by atoms with Crippen molar-refractivity contribution in [3.05, 3.63) is 40.1 Å². The van der Waals surface area contributed by atoms with Crippen LogP contribution in [0, 0.1) is 6.92 Å². The largest absolute Gasteiger partial charge is 0.317 e. The van der Waals surface area contributed by atoms with Gasteiger partial charge in [0, 0.05) is 23.8 Å². The molecule has 0 saturated heterocycles. The Balaban J connectivity index is 2.00. The van der Waals surface area contributed by atoms with Crippen molar-refractivity contribution < 1.29 is 0 Å². The van der Waals surface area contributed by atoms with Gasteiger partial charge < -0.3 is 9.88 Å². The molecule has 5 nitrogen and oxygen atoms in total. The maximum absolute atomic E-state index is 4.34. The number of aryl methyl sites for hydroxylation is 1. The minimum absolute atomic E-state index is 0.166. The fourth-order valence-electron chi connectivity index (χ4n) is 1.61. The lowest BCUT2D eigenvalue weighted by atomic mass is 10.2. The number of rotatable bonds is 4. The molecule has 2 rings (SSSR count). The van der Waals surface area contributed by atoms with Crippen LogP contribution in [0.2, 0.25) is 0 Å². The molecule has 0 amide bonds. The molecule has 0 aromatic carbocycles. The Morgan fingerprint density at radius 3 is 2.83 bits per heavy atom. The molecule has 18 heavy (non-hydrogen) atoms. The minimum Gasteiger partial charge on any atom is -0.317 e. The van der Waals surface area contributed by atoms with Gasteiger partial charge >= 0.3 is 0 Å². The van der Waals surface area contributed by atoms with E-state index in [1.807, 2.05) is 30.7 Å². The lowest BCUT2D eigenvalue weighted by Crippen LogP contribution is -2.21. The van der Waals surface area contributed by atoms with E-state index in [2.05, 4.69) is 43.4 Å². The Kier molecular flexibility index (Phi) is 4.08. The van der Waals surface area contributed by atoms with Crippen molar-refractivity contribution in [1.29, 1.82) is 0 Å². The fraction of sp³-hybridized carbons (Fsp3) is 0.417. The summed E-state index contributed by atoms with van der Waals surface area (Å²) in [5.41, 5.74) is 1.00. The van der Waals surface area contributed by atoms with Gasteiger partial charge in [0.25, 0.3) is 0 Å². The molecule has 2 aromatic heterocycles. The van der Waals surface area contributed by atoms with Crippen LogP contribution in [0.4, 0.5) is 0 Å². The molecular weight excluding hydrogens is 294 g/mol. The first-order valence-corrected chi connectivity index (χ1v) is 6.57. The van der Waals surface area contributed by atoms with Crippen molar-refractivity contribution in [2.24, 2.45) is 7.05 Å². The summed E-state index contributed by atoms with van der Waals surface area (Å²) in [6.07, 6.45) is 1.80. The van der Waals surface area contributed by atoms with E-state index in [1.54, 1.807) is 6.20 Å². The third-order valence-electron chi connectivity index (χ3n) is 2.94. The van der Waals surface area contributed by atoms with Crippen LogP contribution >= 0.6 is 15.9 Å². The summed E-state index contributed by atoms with van der Waals surface area (Å²) in [4.78, 5) is 4.34. The SMILES string of the molecule is Cc1nnc(CNC(C)c2cc(Br)ccn2)n1C. The molecule has 1 atom stereocenters. The van der Waals surface area contributed by atoms with Crippen molar-refractivity contribution in [1.82, 2.24) is 25.1 Å². The van der Waals surface area contributed by atoms with Crippen LogP contribution in [0.3, 0.4) is 0 Å². The summed E-state index contributed by atoms with van der Waals surface area (Å²) in [6, 6.07) is 4.10. The number of nitrogens with zero attached hydrogens (tertiary/aromatic N) is 4. The van der Waals surface area contributed by atoms with Crippen molar-refractivity contribution in [2.45, 2.75) is 26.4 Å². The Morgan fingerprint density at radius 2 is 2.22 bits per heavy atom. The quantitative estimate of drug-likeness (QED) is 0.940. The molecule has 0 fully saturated rings. The van der Waals surface area contributed by atoms with Gasteiger partial charge in [-0.2, -0.15) is 0 Å². The van der Waals surface area contributed by atoms with Gasteiger partial charge in [-0.1, -0.05) is 15.9 Å². The van der Waals surface area contributed by atoms with Crippen LogP contribution in [-0.4, -0.2) is 19.7 Å². The monoisotopic (exact) mass is 309 g/mol. The Labute approximate surface area is 115 Å².